The Labute approximate surface area is 131 Å². The second-order valence-electron chi connectivity index (χ2n) is 5.26. The second kappa shape index (κ2) is 5.17. The van der Waals surface area contributed by atoms with Crippen LogP contribution in [0.15, 0.2) is 48.8 Å². The number of benzene rings is 1. The van der Waals surface area contributed by atoms with E-state index in [1.807, 2.05) is 43.3 Å². The second-order valence-corrected chi connectivity index (χ2v) is 5.26. The fraction of sp³-hybridized carbons (Fsp3) is 0.0588. The first-order valence-electron chi connectivity index (χ1n) is 7.17. The van der Waals surface area contributed by atoms with Crippen molar-refractivity contribution in [2.75, 3.05) is 0 Å². The summed E-state index contributed by atoms with van der Waals surface area (Å²) in [5.74, 6) is 0.339. The highest BCUT2D eigenvalue weighted by molar-refractivity contribution is 5.82. The molecule has 0 unspecified atom stereocenters. The van der Waals surface area contributed by atoms with Crippen LogP contribution in [0.2, 0.25) is 0 Å². The van der Waals surface area contributed by atoms with Crippen molar-refractivity contribution in [1.82, 2.24) is 24.7 Å². The predicted octanol–water partition coefficient (Wildman–Crippen LogP) is 2.93. The summed E-state index contributed by atoms with van der Waals surface area (Å²) in [4.78, 5) is 20.2. The van der Waals surface area contributed by atoms with Crippen LogP contribution in [0.5, 0.6) is 0 Å². The Balaban J connectivity index is 1.96. The molecule has 0 bridgehead atoms. The molecule has 4 rings (SSSR count). The minimum absolute atomic E-state index is 0.339. The predicted molar refractivity (Wildman–Crippen MR) is 86.6 cm³/mol. The average Bonchev–Trinajstić information content (AvgIpc) is 3.20. The molecular formula is C17H13N5O. The normalized spacial score (nSPS) is 11.0. The first-order valence-corrected chi connectivity index (χ1v) is 7.17. The maximum atomic E-state index is 11.4. The molecule has 0 aliphatic carbocycles. The van der Waals surface area contributed by atoms with E-state index in [0.29, 0.717) is 5.82 Å². The summed E-state index contributed by atoms with van der Waals surface area (Å²) in [6.45, 7) is 1.93. The van der Waals surface area contributed by atoms with E-state index in [9.17, 15) is 4.79 Å². The van der Waals surface area contributed by atoms with E-state index in [0.717, 1.165) is 40.0 Å². The number of aldehydes is 1. The zero-order valence-corrected chi connectivity index (χ0v) is 12.4. The highest BCUT2D eigenvalue weighted by atomic mass is 16.1. The number of pyridine rings is 1. The average molecular weight is 303 g/mol. The molecule has 0 aliphatic rings. The van der Waals surface area contributed by atoms with Crippen LogP contribution < -0.4 is 0 Å². The number of aromatic amines is 1. The van der Waals surface area contributed by atoms with E-state index in [-0.39, 0.29) is 0 Å². The van der Waals surface area contributed by atoms with Gasteiger partial charge in [-0.1, -0.05) is 6.07 Å². The number of carbonyl (C=O) groups excluding carboxylic acids is 1. The van der Waals surface area contributed by atoms with Gasteiger partial charge in [-0.05, 0) is 37.3 Å². The van der Waals surface area contributed by atoms with E-state index in [1.54, 1.807) is 17.0 Å². The molecule has 0 aliphatic heterocycles. The van der Waals surface area contributed by atoms with Gasteiger partial charge in [-0.2, -0.15) is 5.10 Å². The number of nitrogens with zero attached hydrogens (tertiary/aromatic N) is 4. The molecule has 1 aromatic carbocycles. The maximum Gasteiger partial charge on any atom is 0.185 e. The van der Waals surface area contributed by atoms with Crippen molar-refractivity contribution in [2.45, 2.75) is 6.92 Å². The molecule has 0 amide bonds. The monoisotopic (exact) mass is 303 g/mol. The number of carbonyl (C=O) groups is 1. The van der Waals surface area contributed by atoms with Crippen LogP contribution in [0.1, 0.15) is 16.3 Å². The van der Waals surface area contributed by atoms with Gasteiger partial charge in [0.1, 0.15) is 0 Å². The summed E-state index contributed by atoms with van der Waals surface area (Å²) in [5.41, 5.74) is 4.25. The number of fused-ring (bicyclic) bond motifs is 1. The van der Waals surface area contributed by atoms with Crippen molar-refractivity contribution in [3.05, 3.63) is 60.3 Å². The molecule has 23 heavy (non-hydrogen) atoms. The van der Waals surface area contributed by atoms with Crippen molar-refractivity contribution < 1.29 is 4.79 Å². The molecule has 0 saturated carbocycles. The van der Waals surface area contributed by atoms with Crippen LogP contribution in [0.4, 0.5) is 0 Å². The Kier molecular flexibility index (Phi) is 3.01. The SMILES string of the molecule is Cc1cccc(-c2cnc(C=O)n2-c2ccc3[nH]ncc3c2)n1. The lowest BCUT2D eigenvalue weighted by molar-refractivity contribution is 0.111. The minimum atomic E-state index is 0.339. The summed E-state index contributed by atoms with van der Waals surface area (Å²) in [7, 11) is 0. The van der Waals surface area contributed by atoms with Gasteiger partial charge >= 0.3 is 0 Å². The standard InChI is InChI=1S/C17H13N5O/c1-11-3-2-4-15(20-11)16-9-18-17(10-23)22(16)13-5-6-14-12(7-13)8-19-21-14/h2-10H,1H3,(H,19,21). The Hall–Kier alpha value is -3.28. The van der Waals surface area contributed by atoms with Crippen LogP contribution >= 0.6 is 0 Å². The summed E-state index contributed by atoms with van der Waals surface area (Å²) >= 11 is 0. The Bertz CT molecular complexity index is 1010. The van der Waals surface area contributed by atoms with Gasteiger partial charge in [0, 0.05) is 16.8 Å². The number of imidazole rings is 1. The Morgan fingerprint density at radius 3 is 2.91 bits per heavy atom. The lowest BCUT2D eigenvalue weighted by atomic mass is 10.2. The van der Waals surface area contributed by atoms with Crippen molar-refractivity contribution in [2.24, 2.45) is 0 Å². The van der Waals surface area contributed by atoms with E-state index in [2.05, 4.69) is 20.2 Å². The first-order chi connectivity index (χ1) is 11.3. The third kappa shape index (κ3) is 2.20. The number of hydrogen-bond donors (Lipinski definition) is 1. The first kappa shape index (κ1) is 13.4. The van der Waals surface area contributed by atoms with E-state index in [1.165, 1.54) is 0 Å². The summed E-state index contributed by atoms with van der Waals surface area (Å²) < 4.78 is 1.81. The number of nitrogens with one attached hydrogen (secondary N) is 1. The van der Waals surface area contributed by atoms with Crippen molar-refractivity contribution in [3.63, 3.8) is 0 Å². The van der Waals surface area contributed by atoms with Gasteiger partial charge in [0.25, 0.3) is 0 Å². The van der Waals surface area contributed by atoms with Crippen LogP contribution in [-0.2, 0) is 0 Å². The highest BCUT2D eigenvalue weighted by Crippen LogP contribution is 2.25. The van der Waals surface area contributed by atoms with Crippen LogP contribution in [0.25, 0.3) is 28.0 Å². The number of aryl methyl sites for hydroxylation is 1. The molecule has 6 nitrogen and oxygen atoms in total. The number of rotatable bonds is 3. The molecular weight excluding hydrogens is 290 g/mol. The third-order valence-electron chi connectivity index (χ3n) is 3.73. The van der Waals surface area contributed by atoms with Gasteiger partial charge in [0.15, 0.2) is 12.1 Å². The van der Waals surface area contributed by atoms with E-state index < -0.39 is 0 Å². The molecule has 6 heteroatoms. The summed E-state index contributed by atoms with van der Waals surface area (Å²) in [6, 6.07) is 11.6. The van der Waals surface area contributed by atoms with Crippen LogP contribution in [0.3, 0.4) is 0 Å². The lowest BCUT2D eigenvalue weighted by Crippen LogP contribution is -2.03. The fourth-order valence-corrected chi connectivity index (χ4v) is 2.66. The van der Waals surface area contributed by atoms with Gasteiger partial charge in [0.2, 0.25) is 0 Å². The van der Waals surface area contributed by atoms with Gasteiger partial charge in [-0.15, -0.1) is 0 Å². The van der Waals surface area contributed by atoms with Gasteiger partial charge in [-0.25, -0.2) is 4.98 Å². The molecule has 0 spiro atoms. The van der Waals surface area contributed by atoms with Gasteiger partial charge < -0.3 is 0 Å². The lowest BCUT2D eigenvalue weighted by Gasteiger charge is -2.10. The smallest absolute Gasteiger partial charge is 0.185 e. The Morgan fingerprint density at radius 2 is 2.09 bits per heavy atom. The van der Waals surface area contributed by atoms with E-state index >= 15 is 0 Å². The van der Waals surface area contributed by atoms with Gasteiger partial charge in [0.05, 0.1) is 29.3 Å². The van der Waals surface area contributed by atoms with Crippen molar-refractivity contribution in [3.8, 4) is 17.1 Å². The topological polar surface area (TPSA) is 76.5 Å². The fourth-order valence-electron chi connectivity index (χ4n) is 2.66. The molecule has 112 valence electrons. The summed E-state index contributed by atoms with van der Waals surface area (Å²) in [6.07, 6.45) is 4.17. The summed E-state index contributed by atoms with van der Waals surface area (Å²) in [5, 5.41) is 7.91. The van der Waals surface area contributed by atoms with E-state index in [4.69, 9.17) is 0 Å². The number of hydrogen-bond acceptors (Lipinski definition) is 4. The molecule has 0 atom stereocenters. The molecule has 1 N–H and O–H groups in total. The van der Waals surface area contributed by atoms with Crippen molar-refractivity contribution >= 4 is 17.2 Å². The molecule has 3 aromatic heterocycles. The molecule has 3 heterocycles. The maximum absolute atomic E-state index is 11.4. The number of aromatic nitrogens is 5. The van der Waals surface area contributed by atoms with Crippen LogP contribution in [-0.4, -0.2) is 31.0 Å². The largest absolute Gasteiger partial charge is 0.294 e. The zero-order chi connectivity index (χ0) is 15.8. The molecule has 0 fully saturated rings. The molecule has 4 aromatic rings. The highest BCUT2D eigenvalue weighted by Gasteiger charge is 2.14. The minimum Gasteiger partial charge on any atom is -0.294 e. The molecule has 0 radical (unpaired) electrons. The Morgan fingerprint density at radius 1 is 1.17 bits per heavy atom. The van der Waals surface area contributed by atoms with Gasteiger partial charge in [-0.3, -0.25) is 19.4 Å². The van der Waals surface area contributed by atoms with Crippen LogP contribution in [0, 0.1) is 6.92 Å². The zero-order valence-electron chi connectivity index (χ0n) is 12.4. The number of H-pyrrole nitrogens is 1. The molecule has 0 saturated heterocycles. The van der Waals surface area contributed by atoms with Crippen molar-refractivity contribution in [1.29, 1.82) is 0 Å². The third-order valence-corrected chi connectivity index (χ3v) is 3.73. The quantitative estimate of drug-likeness (QED) is 0.590.